The molecular formula is C21H29N5O3S. The van der Waals surface area contributed by atoms with E-state index in [1.54, 1.807) is 29.6 Å². The van der Waals surface area contributed by atoms with Crippen molar-refractivity contribution in [1.82, 2.24) is 15.2 Å². The SMILES string of the molecule is CC(=O)Nc1cccc(C(=O)Nc2nc(C(=O)NCCN(C(C)C)C(C)C)cs2)c1. The van der Waals surface area contributed by atoms with E-state index in [0.29, 0.717) is 35.0 Å². The number of anilines is 2. The lowest BCUT2D eigenvalue weighted by molar-refractivity contribution is -0.114. The van der Waals surface area contributed by atoms with Crippen molar-refractivity contribution in [2.24, 2.45) is 0 Å². The Balaban J connectivity index is 1.92. The average molecular weight is 432 g/mol. The van der Waals surface area contributed by atoms with Crippen LogP contribution in [0.1, 0.15) is 55.5 Å². The van der Waals surface area contributed by atoms with Crippen molar-refractivity contribution in [2.75, 3.05) is 23.7 Å². The number of rotatable bonds is 9. The number of carbonyl (C=O) groups excluding carboxylic acids is 3. The summed E-state index contributed by atoms with van der Waals surface area (Å²) in [4.78, 5) is 42.5. The van der Waals surface area contributed by atoms with E-state index < -0.39 is 0 Å². The fraction of sp³-hybridized carbons (Fsp3) is 0.429. The molecule has 0 aliphatic heterocycles. The van der Waals surface area contributed by atoms with E-state index in [0.717, 1.165) is 6.54 Å². The van der Waals surface area contributed by atoms with Gasteiger partial charge in [-0.1, -0.05) is 6.07 Å². The summed E-state index contributed by atoms with van der Waals surface area (Å²) in [6, 6.07) is 7.38. The van der Waals surface area contributed by atoms with Crippen LogP contribution in [0.15, 0.2) is 29.6 Å². The summed E-state index contributed by atoms with van der Waals surface area (Å²) in [7, 11) is 0. The van der Waals surface area contributed by atoms with Crippen LogP contribution in [-0.2, 0) is 4.79 Å². The van der Waals surface area contributed by atoms with Crippen molar-refractivity contribution < 1.29 is 14.4 Å². The Kier molecular flexibility index (Phi) is 8.49. The number of hydrogen-bond donors (Lipinski definition) is 3. The molecular weight excluding hydrogens is 402 g/mol. The monoisotopic (exact) mass is 431 g/mol. The summed E-state index contributed by atoms with van der Waals surface area (Å²) in [5.74, 6) is -0.854. The molecule has 0 aliphatic carbocycles. The summed E-state index contributed by atoms with van der Waals surface area (Å²) in [5, 5.41) is 10.1. The highest BCUT2D eigenvalue weighted by molar-refractivity contribution is 7.14. The molecule has 2 aromatic rings. The van der Waals surface area contributed by atoms with Gasteiger partial charge < -0.3 is 10.6 Å². The first-order valence-electron chi connectivity index (χ1n) is 9.86. The number of benzene rings is 1. The molecule has 1 aromatic carbocycles. The normalized spacial score (nSPS) is 11.1. The van der Waals surface area contributed by atoms with Gasteiger partial charge in [-0.15, -0.1) is 11.3 Å². The van der Waals surface area contributed by atoms with Gasteiger partial charge in [-0.05, 0) is 45.9 Å². The molecule has 0 radical (unpaired) electrons. The minimum atomic E-state index is -0.368. The molecule has 3 N–H and O–H groups in total. The summed E-state index contributed by atoms with van der Waals surface area (Å²) < 4.78 is 0. The van der Waals surface area contributed by atoms with Crippen molar-refractivity contribution in [2.45, 2.75) is 46.7 Å². The topological polar surface area (TPSA) is 103 Å². The van der Waals surface area contributed by atoms with Gasteiger partial charge in [-0.2, -0.15) is 0 Å². The maximum atomic E-state index is 12.4. The van der Waals surface area contributed by atoms with Crippen LogP contribution in [0.3, 0.4) is 0 Å². The Hall–Kier alpha value is -2.78. The largest absolute Gasteiger partial charge is 0.349 e. The van der Waals surface area contributed by atoms with E-state index in [-0.39, 0.29) is 23.4 Å². The Bertz CT molecular complexity index is 886. The first-order chi connectivity index (χ1) is 14.2. The zero-order chi connectivity index (χ0) is 22.3. The van der Waals surface area contributed by atoms with E-state index >= 15 is 0 Å². The molecule has 0 spiro atoms. The lowest BCUT2D eigenvalue weighted by Crippen LogP contribution is -2.42. The van der Waals surface area contributed by atoms with Gasteiger partial charge in [0.25, 0.3) is 11.8 Å². The van der Waals surface area contributed by atoms with E-state index in [4.69, 9.17) is 0 Å². The Morgan fingerprint density at radius 2 is 1.77 bits per heavy atom. The predicted octanol–water partition coefficient (Wildman–Crippen LogP) is 3.20. The molecule has 3 amide bonds. The van der Waals surface area contributed by atoms with Crippen molar-refractivity contribution in [1.29, 1.82) is 0 Å². The Labute approximate surface area is 181 Å². The maximum absolute atomic E-state index is 12.4. The highest BCUT2D eigenvalue weighted by Gasteiger charge is 2.16. The third-order valence-corrected chi connectivity index (χ3v) is 5.14. The molecule has 0 saturated heterocycles. The van der Waals surface area contributed by atoms with Crippen LogP contribution in [0, 0.1) is 0 Å². The predicted molar refractivity (Wildman–Crippen MR) is 120 cm³/mol. The average Bonchev–Trinajstić information content (AvgIpc) is 3.12. The number of carbonyl (C=O) groups is 3. The summed E-state index contributed by atoms with van der Waals surface area (Å²) >= 11 is 1.18. The fourth-order valence-corrected chi connectivity index (χ4v) is 3.73. The van der Waals surface area contributed by atoms with Gasteiger partial charge in [0.15, 0.2) is 5.13 Å². The smallest absolute Gasteiger partial charge is 0.270 e. The number of hydrogen-bond acceptors (Lipinski definition) is 6. The molecule has 1 aromatic heterocycles. The quantitative estimate of drug-likeness (QED) is 0.566. The van der Waals surface area contributed by atoms with Gasteiger partial charge in [-0.25, -0.2) is 4.98 Å². The van der Waals surface area contributed by atoms with Gasteiger partial charge in [0.05, 0.1) is 0 Å². The van der Waals surface area contributed by atoms with Gasteiger partial charge in [0, 0.05) is 48.7 Å². The molecule has 0 atom stereocenters. The van der Waals surface area contributed by atoms with E-state index in [1.807, 2.05) is 0 Å². The van der Waals surface area contributed by atoms with Crippen LogP contribution < -0.4 is 16.0 Å². The molecule has 0 unspecified atom stereocenters. The standard InChI is InChI=1S/C21H29N5O3S/c1-13(2)26(14(3)4)10-9-22-20(29)18-12-30-21(24-18)25-19(28)16-7-6-8-17(11-16)23-15(5)27/h6-8,11-14H,9-10H2,1-5H3,(H,22,29)(H,23,27)(H,24,25,28). The molecule has 0 saturated carbocycles. The van der Waals surface area contributed by atoms with Crippen molar-refractivity contribution in [3.05, 3.63) is 40.9 Å². The highest BCUT2D eigenvalue weighted by Crippen LogP contribution is 2.18. The van der Waals surface area contributed by atoms with Gasteiger partial charge >= 0.3 is 0 Å². The zero-order valence-corrected chi connectivity index (χ0v) is 18.8. The molecule has 1 heterocycles. The minimum Gasteiger partial charge on any atom is -0.349 e. The third kappa shape index (κ3) is 6.93. The molecule has 0 aliphatic rings. The number of aromatic nitrogens is 1. The van der Waals surface area contributed by atoms with Gasteiger partial charge in [0.1, 0.15) is 5.69 Å². The minimum absolute atomic E-state index is 0.215. The number of thiazole rings is 1. The third-order valence-electron chi connectivity index (χ3n) is 4.38. The van der Waals surface area contributed by atoms with E-state index in [1.165, 1.54) is 18.3 Å². The first kappa shape index (κ1) is 23.5. The van der Waals surface area contributed by atoms with Crippen LogP contribution in [0.2, 0.25) is 0 Å². The van der Waals surface area contributed by atoms with Crippen LogP contribution in [0.25, 0.3) is 0 Å². The Morgan fingerprint density at radius 3 is 2.40 bits per heavy atom. The second kappa shape index (κ2) is 10.8. The molecule has 30 heavy (non-hydrogen) atoms. The number of nitrogens with one attached hydrogen (secondary N) is 3. The first-order valence-corrected chi connectivity index (χ1v) is 10.7. The van der Waals surface area contributed by atoms with Crippen molar-refractivity contribution in [3.8, 4) is 0 Å². The van der Waals surface area contributed by atoms with Crippen LogP contribution >= 0.6 is 11.3 Å². The summed E-state index contributed by atoms with van der Waals surface area (Å²) in [6.45, 7) is 11.2. The zero-order valence-electron chi connectivity index (χ0n) is 18.0. The van der Waals surface area contributed by atoms with Gasteiger partial charge in [-0.3, -0.25) is 24.6 Å². The summed E-state index contributed by atoms with van der Waals surface area (Å²) in [5.41, 5.74) is 1.18. The summed E-state index contributed by atoms with van der Waals surface area (Å²) in [6.07, 6.45) is 0. The second-order valence-electron chi connectivity index (χ2n) is 7.44. The number of amides is 3. The Morgan fingerprint density at radius 1 is 1.07 bits per heavy atom. The molecule has 9 heteroatoms. The van der Waals surface area contributed by atoms with E-state index in [2.05, 4.69) is 53.5 Å². The maximum Gasteiger partial charge on any atom is 0.270 e. The molecule has 162 valence electrons. The van der Waals surface area contributed by atoms with E-state index in [9.17, 15) is 14.4 Å². The second-order valence-corrected chi connectivity index (χ2v) is 8.29. The van der Waals surface area contributed by atoms with Gasteiger partial charge in [0.2, 0.25) is 5.91 Å². The molecule has 8 nitrogen and oxygen atoms in total. The molecule has 0 fully saturated rings. The lowest BCUT2D eigenvalue weighted by atomic mass is 10.2. The van der Waals surface area contributed by atoms with Crippen LogP contribution in [-0.4, -0.2) is 52.8 Å². The highest BCUT2D eigenvalue weighted by atomic mass is 32.1. The fourth-order valence-electron chi connectivity index (χ4n) is 3.05. The van der Waals surface area contributed by atoms with Crippen molar-refractivity contribution in [3.63, 3.8) is 0 Å². The number of nitrogens with zero attached hydrogens (tertiary/aromatic N) is 2. The van der Waals surface area contributed by atoms with Crippen molar-refractivity contribution >= 4 is 39.9 Å². The lowest BCUT2D eigenvalue weighted by Gasteiger charge is -2.30. The molecule has 0 bridgehead atoms. The van der Waals surface area contributed by atoms with Crippen LogP contribution in [0.4, 0.5) is 10.8 Å². The van der Waals surface area contributed by atoms with Crippen LogP contribution in [0.5, 0.6) is 0 Å². The molecule has 2 rings (SSSR count).